The van der Waals surface area contributed by atoms with E-state index in [1.54, 1.807) is 12.1 Å². The first-order valence-electron chi connectivity index (χ1n) is 9.75. The van der Waals surface area contributed by atoms with Crippen LogP contribution in [0.25, 0.3) is 11.4 Å². The Morgan fingerprint density at radius 3 is 2.69 bits per heavy atom. The number of aryl methyl sites for hydroxylation is 1. The lowest BCUT2D eigenvalue weighted by atomic mass is 9.96. The molecule has 7 heteroatoms. The number of piperidine rings is 1. The molecule has 0 saturated carbocycles. The van der Waals surface area contributed by atoms with Crippen molar-refractivity contribution in [3.05, 3.63) is 65.0 Å². The van der Waals surface area contributed by atoms with Crippen LogP contribution < -0.4 is 5.32 Å². The predicted molar refractivity (Wildman–Crippen MR) is 113 cm³/mol. The molecule has 0 radical (unpaired) electrons. The van der Waals surface area contributed by atoms with E-state index in [4.69, 9.17) is 16.1 Å². The largest absolute Gasteiger partial charge is 0.338 e. The summed E-state index contributed by atoms with van der Waals surface area (Å²) in [5.74, 6) is 1.26. The Balaban J connectivity index is 1.29. The lowest BCUT2D eigenvalue weighted by molar-refractivity contribution is -0.121. The Labute approximate surface area is 174 Å². The van der Waals surface area contributed by atoms with E-state index in [-0.39, 0.29) is 11.8 Å². The van der Waals surface area contributed by atoms with E-state index in [0.29, 0.717) is 23.3 Å². The number of carbonyl (C=O) groups is 1. The summed E-state index contributed by atoms with van der Waals surface area (Å²) in [6.07, 6.45) is 1.63. The van der Waals surface area contributed by atoms with Gasteiger partial charge in [-0.1, -0.05) is 28.9 Å². The van der Waals surface area contributed by atoms with Crippen molar-refractivity contribution < 1.29 is 9.32 Å². The summed E-state index contributed by atoms with van der Waals surface area (Å²) in [6.45, 7) is 4.26. The van der Waals surface area contributed by atoms with E-state index in [2.05, 4.69) is 20.4 Å². The molecule has 0 aliphatic carbocycles. The molecule has 0 atom stereocenters. The monoisotopic (exact) mass is 410 g/mol. The summed E-state index contributed by atoms with van der Waals surface area (Å²) in [6, 6.07) is 15.2. The molecule has 0 spiro atoms. The Hall–Kier alpha value is -2.70. The van der Waals surface area contributed by atoms with E-state index >= 15 is 0 Å². The third kappa shape index (κ3) is 5.02. The number of rotatable bonds is 5. The lowest BCUT2D eigenvalue weighted by Crippen LogP contribution is -2.37. The third-order valence-electron chi connectivity index (χ3n) is 5.17. The number of hydrogen-bond donors (Lipinski definition) is 1. The Morgan fingerprint density at radius 1 is 1.21 bits per heavy atom. The Morgan fingerprint density at radius 2 is 1.97 bits per heavy atom. The van der Waals surface area contributed by atoms with Gasteiger partial charge in [0.05, 0.1) is 6.54 Å². The first-order chi connectivity index (χ1) is 14.1. The second-order valence-electron chi connectivity index (χ2n) is 7.43. The van der Waals surface area contributed by atoms with Crippen molar-refractivity contribution in [2.75, 3.05) is 18.4 Å². The molecule has 3 aromatic rings. The predicted octanol–water partition coefficient (Wildman–Crippen LogP) is 4.55. The number of likely N-dealkylation sites (tertiary alicyclic amines) is 1. The minimum Gasteiger partial charge on any atom is -0.338 e. The highest BCUT2D eigenvalue weighted by Crippen LogP contribution is 2.23. The van der Waals surface area contributed by atoms with Crippen LogP contribution in [0.1, 0.15) is 24.3 Å². The topological polar surface area (TPSA) is 71.3 Å². The smallest absolute Gasteiger partial charge is 0.241 e. The minimum absolute atomic E-state index is 0.0269. The van der Waals surface area contributed by atoms with Gasteiger partial charge in [0, 0.05) is 22.2 Å². The van der Waals surface area contributed by atoms with Crippen LogP contribution in [-0.4, -0.2) is 34.0 Å². The highest BCUT2D eigenvalue weighted by atomic mass is 35.5. The van der Waals surface area contributed by atoms with Crippen LogP contribution in [0.3, 0.4) is 0 Å². The molecule has 1 N–H and O–H groups in total. The minimum atomic E-state index is 0.0269. The van der Waals surface area contributed by atoms with E-state index in [9.17, 15) is 4.79 Å². The maximum absolute atomic E-state index is 12.5. The van der Waals surface area contributed by atoms with Crippen molar-refractivity contribution in [3.63, 3.8) is 0 Å². The molecular formula is C22H23ClN4O2. The van der Waals surface area contributed by atoms with Crippen LogP contribution in [0.5, 0.6) is 0 Å². The van der Waals surface area contributed by atoms with Crippen molar-refractivity contribution in [2.45, 2.75) is 26.3 Å². The van der Waals surface area contributed by atoms with Gasteiger partial charge in [0.25, 0.3) is 0 Å². The molecule has 1 aliphatic rings. The van der Waals surface area contributed by atoms with Gasteiger partial charge < -0.3 is 9.84 Å². The molecule has 1 aromatic heterocycles. The molecule has 1 aliphatic heterocycles. The van der Waals surface area contributed by atoms with Crippen molar-refractivity contribution >= 4 is 23.2 Å². The number of amides is 1. The maximum Gasteiger partial charge on any atom is 0.241 e. The number of benzene rings is 2. The van der Waals surface area contributed by atoms with Crippen molar-refractivity contribution in [2.24, 2.45) is 5.92 Å². The molecule has 150 valence electrons. The van der Waals surface area contributed by atoms with Gasteiger partial charge in [0.2, 0.25) is 17.6 Å². The fourth-order valence-electron chi connectivity index (χ4n) is 3.55. The van der Waals surface area contributed by atoms with Gasteiger partial charge in [-0.2, -0.15) is 4.98 Å². The molecule has 4 rings (SSSR count). The van der Waals surface area contributed by atoms with Crippen LogP contribution in [0, 0.1) is 12.8 Å². The molecule has 0 unspecified atom stereocenters. The van der Waals surface area contributed by atoms with Crippen LogP contribution in [0.4, 0.5) is 5.69 Å². The van der Waals surface area contributed by atoms with Gasteiger partial charge in [0.15, 0.2) is 0 Å². The number of nitrogens with one attached hydrogen (secondary N) is 1. The average Bonchev–Trinajstić information content (AvgIpc) is 3.17. The van der Waals surface area contributed by atoms with Gasteiger partial charge in [-0.25, -0.2) is 0 Å². The van der Waals surface area contributed by atoms with Crippen LogP contribution >= 0.6 is 11.6 Å². The SMILES string of the molecule is Cc1cccc(NC(=O)C2CCN(Cc3nc(-c4ccc(Cl)cc4)no3)CC2)c1. The zero-order valence-electron chi connectivity index (χ0n) is 16.3. The quantitative estimate of drug-likeness (QED) is 0.668. The van der Waals surface area contributed by atoms with Crippen LogP contribution in [-0.2, 0) is 11.3 Å². The standard InChI is InChI=1S/C22H23ClN4O2/c1-15-3-2-4-19(13-15)24-22(28)17-9-11-27(12-10-17)14-20-25-21(26-29-20)16-5-7-18(23)8-6-16/h2-8,13,17H,9-12,14H2,1H3,(H,24,28). The highest BCUT2D eigenvalue weighted by Gasteiger charge is 2.26. The van der Waals surface area contributed by atoms with Gasteiger partial charge in [0.1, 0.15) is 0 Å². The molecule has 2 heterocycles. The fourth-order valence-corrected chi connectivity index (χ4v) is 3.67. The molecule has 1 amide bonds. The van der Waals surface area contributed by atoms with Crippen molar-refractivity contribution in [3.8, 4) is 11.4 Å². The molecule has 6 nitrogen and oxygen atoms in total. The molecule has 1 saturated heterocycles. The number of anilines is 1. The number of halogens is 1. The van der Waals surface area contributed by atoms with Crippen LogP contribution in [0.2, 0.25) is 5.02 Å². The second-order valence-corrected chi connectivity index (χ2v) is 7.86. The summed E-state index contributed by atoms with van der Waals surface area (Å²) < 4.78 is 5.40. The number of carbonyl (C=O) groups excluding carboxylic acids is 1. The third-order valence-corrected chi connectivity index (χ3v) is 5.43. The van der Waals surface area contributed by atoms with Crippen LogP contribution in [0.15, 0.2) is 53.1 Å². The van der Waals surface area contributed by atoms with Crippen molar-refractivity contribution in [1.29, 1.82) is 0 Å². The first-order valence-corrected chi connectivity index (χ1v) is 10.1. The van der Waals surface area contributed by atoms with Gasteiger partial charge in [-0.3, -0.25) is 9.69 Å². The summed E-state index contributed by atoms with van der Waals surface area (Å²) >= 11 is 5.92. The number of hydrogen-bond acceptors (Lipinski definition) is 5. The maximum atomic E-state index is 12.5. The van der Waals surface area contributed by atoms with Gasteiger partial charge in [-0.15, -0.1) is 0 Å². The van der Waals surface area contributed by atoms with E-state index < -0.39 is 0 Å². The highest BCUT2D eigenvalue weighted by molar-refractivity contribution is 6.30. The van der Waals surface area contributed by atoms with E-state index in [1.165, 1.54) is 0 Å². The van der Waals surface area contributed by atoms with Gasteiger partial charge >= 0.3 is 0 Å². The Bertz CT molecular complexity index is 978. The number of aromatic nitrogens is 2. The van der Waals surface area contributed by atoms with Crippen molar-refractivity contribution in [1.82, 2.24) is 15.0 Å². The zero-order chi connectivity index (χ0) is 20.2. The molecule has 0 bridgehead atoms. The molecule has 2 aromatic carbocycles. The van der Waals surface area contributed by atoms with Gasteiger partial charge in [-0.05, 0) is 74.8 Å². The summed E-state index contributed by atoms with van der Waals surface area (Å²) in [5.41, 5.74) is 2.86. The Kier molecular flexibility index (Phi) is 5.92. The number of nitrogens with zero attached hydrogens (tertiary/aromatic N) is 3. The first kappa shape index (κ1) is 19.6. The molecule has 29 heavy (non-hydrogen) atoms. The normalized spacial score (nSPS) is 15.4. The average molecular weight is 411 g/mol. The van der Waals surface area contributed by atoms with E-state index in [1.807, 2.05) is 43.3 Å². The zero-order valence-corrected chi connectivity index (χ0v) is 17.0. The second kappa shape index (κ2) is 8.76. The molecular weight excluding hydrogens is 388 g/mol. The summed E-state index contributed by atoms with van der Waals surface area (Å²) in [5, 5.41) is 7.77. The summed E-state index contributed by atoms with van der Waals surface area (Å²) in [4.78, 5) is 19.3. The van der Waals surface area contributed by atoms with E-state index in [0.717, 1.165) is 42.7 Å². The molecule has 1 fully saturated rings. The fraction of sp³-hybridized carbons (Fsp3) is 0.318. The summed E-state index contributed by atoms with van der Waals surface area (Å²) in [7, 11) is 0. The lowest BCUT2D eigenvalue weighted by Gasteiger charge is -2.30.